The first kappa shape index (κ1) is 8.48. The number of rotatable bonds is 1. The number of nitro groups is 1. The summed E-state index contributed by atoms with van der Waals surface area (Å²) in [6.45, 7) is 0. The number of hydrogen-bond donors (Lipinski definition) is 1. The van der Waals surface area contributed by atoms with Gasteiger partial charge in [-0.2, -0.15) is 0 Å². The van der Waals surface area contributed by atoms with Gasteiger partial charge in [-0.15, -0.1) is 12.6 Å². The molecule has 0 fully saturated rings. The lowest BCUT2D eigenvalue weighted by molar-refractivity contribution is -0.385. The predicted molar refractivity (Wildman–Crippen MR) is 45.8 cm³/mol. The monoisotopic (exact) mass is 234 g/mol. The fraction of sp³-hybridized carbons (Fsp3) is 0. The number of pyridine rings is 1. The van der Waals surface area contributed by atoms with Crippen molar-refractivity contribution in [1.82, 2.24) is 4.98 Å². The zero-order valence-electron chi connectivity index (χ0n) is 5.19. The Labute approximate surface area is 76.3 Å². The minimum absolute atomic E-state index is 0.0466. The third-order valence-corrected chi connectivity index (χ3v) is 2.29. The molecule has 0 saturated carbocycles. The third kappa shape index (κ3) is 1.90. The smallest absolute Gasteiger partial charge is 0.258 e. The molecule has 0 atom stereocenters. The first-order valence-corrected chi connectivity index (χ1v) is 3.84. The summed E-state index contributed by atoms with van der Waals surface area (Å²) in [5, 5.41) is 10.6. The molecule has 6 heteroatoms. The molecule has 0 bridgehead atoms. The van der Waals surface area contributed by atoms with Gasteiger partial charge in [-0.05, 0) is 15.9 Å². The number of nitrogens with zero attached hydrogens (tertiary/aromatic N) is 2. The van der Waals surface area contributed by atoms with Crippen LogP contribution in [-0.2, 0) is 0 Å². The molecule has 0 aliphatic rings. The van der Waals surface area contributed by atoms with E-state index in [1.807, 2.05) is 0 Å². The van der Waals surface area contributed by atoms with Crippen molar-refractivity contribution in [3.05, 3.63) is 26.9 Å². The molecular weight excluding hydrogens is 232 g/mol. The Balaban J connectivity index is 3.15. The number of aromatic nitrogens is 1. The van der Waals surface area contributed by atoms with Gasteiger partial charge in [0, 0.05) is 6.07 Å². The van der Waals surface area contributed by atoms with Crippen LogP contribution in [0.15, 0.2) is 21.8 Å². The molecule has 11 heavy (non-hydrogen) atoms. The van der Waals surface area contributed by atoms with Crippen molar-refractivity contribution in [2.75, 3.05) is 0 Å². The van der Waals surface area contributed by atoms with Crippen LogP contribution in [0.2, 0.25) is 0 Å². The van der Waals surface area contributed by atoms with Crippen molar-refractivity contribution in [2.24, 2.45) is 0 Å². The van der Waals surface area contributed by atoms with Gasteiger partial charge in [0.15, 0.2) is 0 Å². The average molecular weight is 235 g/mol. The Morgan fingerprint density at radius 3 is 2.82 bits per heavy atom. The standard InChI is InChI=1S/C5H3BrN2O2S/c6-4-1-3(8(9)10)2-7-5(4)11/h1-2H,(H,7,11). The highest BCUT2D eigenvalue weighted by Crippen LogP contribution is 2.22. The van der Waals surface area contributed by atoms with Crippen LogP contribution in [0.4, 0.5) is 5.69 Å². The van der Waals surface area contributed by atoms with Crippen LogP contribution in [0.3, 0.4) is 0 Å². The first-order valence-electron chi connectivity index (χ1n) is 2.60. The lowest BCUT2D eigenvalue weighted by Gasteiger charge is -1.93. The highest BCUT2D eigenvalue weighted by Gasteiger charge is 2.07. The highest BCUT2D eigenvalue weighted by molar-refractivity contribution is 9.10. The van der Waals surface area contributed by atoms with Crippen LogP contribution in [0.1, 0.15) is 0 Å². The van der Waals surface area contributed by atoms with Gasteiger partial charge >= 0.3 is 0 Å². The van der Waals surface area contributed by atoms with Crippen LogP contribution < -0.4 is 0 Å². The summed E-state index contributed by atoms with van der Waals surface area (Å²) in [6, 6.07) is 1.36. The molecule has 0 amide bonds. The van der Waals surface area contributed by atoms with Gasteiger partial charge < -0.3 is 0 Å². The second-order valence-corrected chi connectivity index (χ2v) is 3.03. The zero-order valence-corrected chi connectivity index (χ0v) is 7.67. The van der Waals surface area contributed by atoms with E-state index < -0.39 is 4.92 Å². The predicted octanol–water partition coefficient (Wildman–Crippen LogP) is 2.04. The fourth-order valence-electron chi connectivity index (χ4n) is 0.520. The summed E-state index contributed by atoms with van der Waals surface area (Å²) in [5.41, 5.74) is -0.0466. The molecule has 1 aromatic heterocycles. The van der Waals surface area contributed by atoms with Crippen molar-refractivity contribution in [1.29, 1.82) is 0 Å². The SMILES string of the molecule is O=[N+]([O-])c1cnc(S)c(Br)c1. The summed E-state index contributed by atoms with van der Waals surface area (Å²) in [6.07, 6.45) is 1.16. The zero-order chi connectivity index (χ0) is 8.43. The van der Waals surface area contributed by atoms with E-state index >= 15 is 0 Å². The Morgan fingerprint density at radius 2 is 2.36 bits per heavy atom. The second kappa shape index (κ2) is 3.19. The normalized spacial score (nSPS) is 9.64. The Hall–Kier alpha value is -0.620. The molecule has 0 N–H and O–H groups in total. The molecule has 1 aromatic rings. The van der Waals surface area contributed by atoms with Gasteiger partial charge in [-0.1, -0.05) is 0 Å². The molecule has 4 nitrogen and oxygen atoms in total. The van der Waals surface area contributed by atoms with E-state index in [2.05, 4.69) is 33.5 Å². The van der Waals surface area contributed by atoms with Crippen molar-refractivity contribution in [3.63, 3.8) is 0 Å². The molecule has 1 heterocycles. The van der Waals surface area contributed by atoms with Gasteiger partial charge in [0.25, 0.3) is 5.69 Å². The molecule has 0 aromatic carbocycles. The molecule has 0 unspecified atom stereocenters. The van der Waals surface area contributed by atoms with Crippen LogP contribution in [0.25, 0.3) is 0 Å². The quantitative estimate of drug-likeness (QED) is 0.460. The van der Waals surface area contributed by atoms with Crippen molar-refractivity contribution in [3.8, 4) is 0 Å². The number of halogens is 1. The van der Waals surface area contributed by atoms with Gasteiger partial charge in [0.2, 0.25) is 0 Å². The molecule has 0 spiro atoms. The lowest BCUT2D eigenvalue weighted by atomic mass is 10.4. The maximum Gasteiger partial charge on any atom is 0.288 e. The third-order valence-electron chi connectivity index (χ3n) is 1.02. The highest BCUT2D eigenvalue weighted by atomic mass is 79.9. The molecule has 0 aliphatic heterocycles. The summed E-state index contributed by atoms with van der Waals surface area (Å²) in [7, 11) is 0. The summed E-state index contributed by atoms with van der Waals surface area (Å²) >= 11 is 7.00. The molecule has 0 aliphatic carbocycles. The van der Waals surface area contributed by atoms with E-state index in [-0.39, 0.29) is 5.69 Å². The van der Waals surface area contributed by atoms with Gasteiger partial charge in [-0.3, -0.25) is 10.1 Å². The Morgan fingerprint density at radius 1 is 1.73 bits per heavy atom. The van der Waals surface area contributed by atoms with Gasteiger partial charge in [0.1, 0.15) is 11.2 Å². The maximum absolute atomic E-state index is 10.2. The van der Waals surface area contributed by atoms with Crippen LogP contribution in [0.5, 0.6) is 0 Å². The number of thiol groups is 1. The summed E-state index contributed by atoms with van der Waals surface area (Å²) < 4.78 is 0.523. The van der Waals surface area contributed by atoms with Crippen molar-refractivity contribution in [2.45, 2.75) is 5.03 Å². The molecule has 0 saturated heterocycles. The van der Waals surface area contributed by atoms with Crippen LogP contribution >= 0.6 is 28.6 Å². The van der Waals surface area contributed by atoms with Crippen LogP contribution in [0, 0.1) is 10.1 Å². The van der Waals surface area contributed by atoms with Gasteiger partial charge in [0.05, 0.1) is 9.40 Å². The number of hydrogen-bond acceptors (Lipinski definition) is 4. The van der Waals surface area contributed by atoms with Crippen molar-refractivity contribution < 1.29 is 4.92 Å². The minimum atomic E-state index is -0.509. The fourth-order valence-corrected chi connectivity index (χ4v) is 0.980. The minimum Gasteiger partial charge on any atom is -0.258 e. The molecule has 58 valence electrons. The van der Waals surface area contributed by atoms with Crippen molar-refractivity contribution >= 4 is 34.2 Å². The average Bonchev–Trinajstić information content (AvgIpc) is 1.94. The molecule has 1 rings (SSSR count). The summed E-state index contributed by atoms with van der Waals surface area (Å²) in [5.74, 6) is 0. The van der Waals surface area contributed by atoms with E-state index in [0.29, 0.717) is 9.50 Å². The Kier molecular flexibility index (Phi) is 2.45. The van der Waals surface area contributed by atoms with Crippen LogP contribution in [-0.4, -0.2) is 9.91 Å². The topological polar surface area (TPSA) is 56.0 Å². The Bertz CT molecular complexity index is 305. The van der Waals surface area contributed by atoms with E-state index in [9.17, 15) is 10.1 Å². The maximum atomic E-state index is 10.2. The van der Waals surface area contributed by atoms with Gasteiger partial charge in [-0.25, -0.2) is 4.98 Å². The lowest BCUT2D eigenvalue weighted by Crippen LogP contribution is -1.89. The van der Waals surface area contributed by atoms with E-state index in [4.69, 9.17) is 0 Å². The first-order chi connectivity index (χ1) is 5.11. The van der Waals surface area contributed by atoms with E-state index in [1.54, 1.807) is 0 Å². The molecule has 0 radical (unpaired) electrons. The second-order valence-electron chi connectivity index (χ2n) is 1.76. The largest absolute Gasteiger partial charge is 0.288 e. The van der Waals surface area contributed by atoms with E-state index in [0.717, 1.165) is 6.20 Å². The molecular formula is C5H3BrN2O2S. The summed E-state index contributed by atoms with van der Waals surface area (Å²) in [4.78, 5) is 13.4. The van der Waals surface area contributed by atoms with E-state index in [1.165, 1.54) is 6.07 Å².